The van der Waals surface area contributed by atoms with Crippen molar-refractivity contribution < 1.29 is 4.79 Å². The molecule has 0 aliphatic carbocycles. The van der Waals surface area contributed by atoms with E-state index in [4.69, 9.17) is 5.73 Å². The predicted octanol–water partition coefficient (Wildman–Crippen LogP) is 2.09. The lowest BCUT2D eigenvalue weighted by Gasteiger charge is -2.13. The molecule has 1 atom stereocenters. The number of hydrogen-bond acceptors (Lipinski definition) is 4. The minimum absolute atomic E-state index is 0.396. The Morgan fingerprint density at radius 3 is 2.75 bits per heavy atom. The number of benzene rings is 1. The van der Waals surface area contributed by atoms with E-state index in [1.54, 1.807) is 6.08 Å². The van der Waals surface area contributed by atoms with Crippen LogP contribution in [0.1, 0.15) is 16.6 Å². The van der Waals surface area contributed by atoms with E-state index in [2.05, 4.69) is 16.8 Å². The number of primary amides is 1. The van der Waals surface area contributed by atoms with Crippen LogP contribution in [0.15, 0.2) is 48.1 Å². The van der Waals surface area contributed by atoms with E-state index in [0.717, 1.165) is 11.4 Å². The fraction of sp³-hybridized carbons (Fsp3) is 0.214. The summed E-state index contributed by atoms with van der Waals surface area (Å²) in [4.78, 5) is 11.7. The third kappa shape index (κ3) is 3.08. The number of allylic oxidation sites excluding steroid dienone is 1. The van der Waals surface area contributed by atoms with Crippen LogP contribution in [0, 0.1) is 6.92 Å². The Morgan fingerprint density at radius 1 is 1.45 bits per heavy atom. The molecule has 1 amide bonds. The lowest BCUT2D eigenvalue weighted by atomic mass is 10.1. The molecule has 0 bridgehead atoms. The first-order chi connectivity index (χ1) is 9.63. The lowest BCUT2D eigenvalue weighted by Crippen LogP contribution is -2.19. The molecule has 0 saturated heterocycles. The number of carbonyl (C=O) groups excluding carboxylic acids is 1. The van der Waals surface area contributed by atoms with Crippen molar-refractivity contribution in [1.82, 2.24) is 14.8 Å². The summed E-state index contributed by atoms with van der Waals surface area (Å²) < 4.78 is 1.90. The van der Waals surface area contributed by atoms with Gasteiger partial charge in [-0.15, -0.1) is 16.8 Å². The van der Waals surface area contributed by atoms with Gasteiger partial charge in [0.2, 0.25) is 5.91 Å². The van der Waals surface area contributed by atoms with Crippen LogP contribution in [0.5, 0.6) is 0 Å². The van der Waals surface area contributed by atoms with Crippen molar-refractivity contribution in [3.8, 4) is 0 Å². The summed E-state index contributed by atoms with van der Waals surface area (Å²) in [6.45, 7) is 6.18. The third-order valence-corrected chi connectivity index (χ3v) is 4.05. The van der Waals surface area contributed by atoms with E-state index in [1.165, 1.54) is 11.8 Å². The van der Waals surface area contributed by atoms with Gasteiger partial charge in [0.1, 0.15) is 11.1 Å². The highest BCUT2D eigenvalue weighted by atomic mass is 32.2. The molecule has 1 aromatic carbocycles. The Kier molecular flexibility index (Phi) is 4.57. The van der Waals surface area contributed by atoms with Gasteiger partial charge < -0.3 is 10.3 Å². The third-order valence-electron chi connectivity index (χ3n) is 2.80. The number of amides is 1. The van der Waals surface area contributed by atoms with Crippen molar-refractivity contribution in [2.24, 2.45) is 5.73 Å². The van der Waals surface area contributed by atoms with Crippen LogP contribution in [0.2, 0.25) is 0 Å². The molecule has 0 spiro atoms. The summed E-state index contributed by atoms with van der Waals surface area (Å²) in [6, 6.07) is 9.42. The van der Waals surface area contributed by atoms with E-state index < -0.39 is 11.2 Å². The molecule has 5 nitrogen and oxygen atoms in total. The largest absolute Gasteiger partial charge is 0.368 e. The number of hydrogen-bond donors (Lipinski definition) is 1. The first-order valence-electron chi connectivity index (χ1n) is 6.15. The van der Waals surface area contributed by atoms with Crippen LogP contribution in [0.25, 0.3) is 0 Å². The van der Waals surface area contributed by atoms with Crippen LogP contribution < -0.4 is 5.73 Å². The van der Waals surface area contributed by atoms with Crippen molar-refractivity contribution in [2.75, 3.05) is 0 Å². The van der Waals surface area contributed by atoms with Crippen molar-refractivity contribution in [3.63, 3.8) is 0 Å². The quantitative estimate of drug-likeness (QED) is 0.652. The van der Waals surface area contributed by atoms with Gasteiger partial charge in [-0.1, -0.05) is 48.2 Å². The Labute approximate surface area is 121 Å². The monoisotopic (exact) mass is 288 g/mol. The second-order valence-corrected chi connectivity index (χ2v) is 5.31. The van der Waals surface area contributed by atoms with E-state index in [0.29, 0.717) is 11.7 Å². The second-order valence-electron chi connectivity index (χ2n) is 4.24. The maximum absolute atomic E-state index is 11.7. The van der Waals surface area contributed by atoms with E-state index >= 15 is 0 Å². The van der Waals surface area contributed by atoms with Gasteiger partial charge in [0.05, 0.1) is 0 Å². The topological polar surface area (TPSA) is 73.8 Å². The molecule has 0 unspecified atom stereocenters. The number of thioether (sulfide) groups is 1. The molecule has 6 heteroatoms. The molecule has 2 rings (SSSR count). The first-order valence-corrected chi connectivity index (χ1v) is 7.03. The van der Waals surface area contributed by atoms with Crippen LogP contribution in [0.4, 0.5) is 0 Å². The van der Waals surface area contributed by atoms with Crippen molar-refractivity contribution in [3.05, 3.63) is 54.4 Å². The molecule has 0 aliphatic heterocycles. The SMILES string of the molecule is C=CCn1c(C)nnc1S[C@@H](C(N)=O)c1ccccc1. The molecule has 104 valence electrons. The van der Waals surface area contributed by atoms with Crippen molar-refractivity contribution in [1.29, 1.82) is 0 Å². The number of nitrogens with two attached hydrogens (primary N) is 1. The summed E-state index contributed by atoms with van der Waals surface area (Å²) in [5.74, 6) is 0.385. The Hall–Kier alpha value is -2.08. The highest BCUT2D eigenvalue weighted by Gasteiger charge is 2.22. The molecular weight excluding hydrogens is 272 g/mol. The average Bonchev–Trinajstić information content (AvgIpc) is 2.78. The van der Waals surface area contributed by atoms with E-state index in [9.17, 15) is 4.79 Å². The van der Waals surface area contributed by atoms with Crippen LogP contribution in [-0.2, 0) is 11.3 Å². The maximum atomic E-state index is 11.7. The van der Waals surface area contributed by atoms with Gasteiger partial charge in [0.15, 0.2) is 5.16 Å². The standard InChI is InChI=1S/C14H16N4OS/c1-3-9-18-10(2)16-17-14(18)20-12(13(15)19)11-7-5-4-6-8-11/h3-8,12H,1,9H2,2H3,(H2,15,19)/t12-/m1/s1. The molecule has 0 aliphatic rings. The van der Waals surface area contributed by atoms with Crippen LogP contribution in [-0.4, -0.2) is 20.7 Å². The summed E-state index contributed by atoms with van der Waals surface area (Å²) in [7, 11) is 0. The summed E-state index contributed by atoms with van der Waals surface area (Å²) >= 11 is 1.30. The molecule has 1 aromatic heterocycles. The molecule has 0 radical (unpaired) electrons. The number of carbonyl (C=O) groups is 1. The average molecular weight is 288 g/mol. The molecule has 20 heavy (non-hydrogen) atoms. The summed E-state index contributed by atoms with van der Waals surface area (Å²) in [6.07, 6.45) is 1.77. The van der Waals surface area contributed by atoms with Gasteiger partial charge in [-0.05, 0) is 12.5 Å². The normalized spacial score (nSPS) is 12.1. The molecule has 2 aromatic rings. The second kappa shape index (κ2) is 6.38. The Morgan fingerprint density at radius 2 is 2.15 bits per heavy atom. The fourth-order valence-corrected chi connectivity index (χ4v) is 2.85. The van der Waals surface area contributed by atoms with Gasteiger partial charge in [-0.2, -0.15) is 0 Å². The number of aromatic nitrogens is 3. The fourth-order valence-electron chi connectivity index (χ4n) is 1.81. The minimum atomic E-state index is -0.483. The highest BCUT2D eigenvalue weighted by molar-refractivity contribution is 8.00. The minimum Gasteiger partial charge on any atom is -0.368 e. The van der Waals surface area contributed by atoms with Crippen molar-refractivity contribution in [2.45, 2.75) is 23.9 Å². The Bertz CT molecular complexity index is 609. The number of rotatable bonds is 6. The van der Waals surface area contributed by atoms with Gasteiger partial charge in [-0.25, -0.2) is 0 Å². The van der Waals surface area contributed by atoms with Gasteiger partial charge in [0.25, 0.3) is 0 Å². The van der Waals surface area contributed by atoms with Gasteiger partial charge in [0, 0.05) is 6.54 Å². The molecule has 1 heterocycles. The zero-order chi connectivity index (χ0) is 14.5. The summed E-state index contributed by atoms with van der Waals surface area (Å²) in [5.41, 5.74) is 6.37. The molecular formula is C14H16N4OS. The molecule has 2 N–H and O–H groups in total. The number of nitrogens with zero attached hydrogens (tertiary/aromatic N) is 3. The predicted molar refractivity (Wildman–Crippen MR) is 79.2 cm³/mol. The van der Waals surface area contributed by atoms with E-state index in [1.807, 2.05) is 41.8 Å². The molecule has 0 saturated carbocycles. The smallest absolute Gasteiger partial charge is 0.235 e. The van der Waals surface area contributed by atoms with E-state index in [-0.39, 0.29) is 0 Å². The number of aryl methyl sites for hydroxylation is 1. The summed E-state index contributed by atoms with van der Waals surface area (Å²) in [5, 5.41) is 8.31. The maximum Gasteiger partial charge on any atom is 0.235 e. The van der Waals surface area contributed by atoms with Crippen molar-refractivity contribution >= 4 is 17.7 Å². The van der Waals surface area contributed by atoms with Gasteiger partial charge >= 0.3 is 0 Å². The van der Waals surface area contributed by atoms with Crippen LogP contribution >= 0.6 is 11.8 Å². The zero-order valence-electron chi connectivity index (χ0n) is 11.2. The highest BCUT2D eigenvalue weighted by Crippen LogP contribution is 2.34. The Balaban J connectivity index is 2.30. The van der Waals surface area contributed by atoms with Gasteiger partial charge in [-0.3, -0.25) is 4.79 Å². The molecule has 0 fully saturated rings. The zero-order valence-corrected chi connectivity index (χ0v) is 12.0. The first kappa shape index (κ1) is 14.3. The lowest BCUT2D eigenvalue weighted by molar-refractivity contribution is -0.117. The van der Waals surface area contributed by atoms with Crippen LogP contribution in [0.3, 0.4) is 0 Å².